The first-order valence-electron chi connectivity index (χ1n) is 3.55. The topological polar surface area (TPSA) is 51.3 Å². The summed E-state index contributed by atoms with van der Waals surface area (Å²) in [4.78, 5) is 7.98. The highest BCUT2D eigenvalue weighted by atomic mass is 14.8. The summed E-state index contributed by atoms with van der Waals surface area (Å²) in [5.74, 6) is 0.556. The van der Waals surface area contributed by atoms with E-state index >= 15 is 0 Å². The molecule has 1 aromatic rings. The minimum absolute atomic E-state index is 0.556. The SMILES string of the molecule is CCN=C(N)c1cccnc1. The summed E-state index contributed by atoms with van der Waals surface area (Å²) in [6.07, 6.45) is 3.41. The van der Waals surface area contributed by atoms with Crippen LogP contribution in [0.25, 0.3) is 0 Å². The summed E-state index contributed by atoms with van der Waals surface area (Å²) in [6.45, 7) is 2.66. The van der Waals surface area contributed by atoms with Gasteiger partial charge in [0, 0.05) is 24.5 Å². The number of amidine groups is 1. The van der Waals surface area contributed by atoms with Gasteiger partial charge in [0.25, 0.3) is 0 Å². The first-order valence-corrected chi connectivity index (χ1v) is 3.55. The molecule has 0 spiro atoms. The number of hydrogen-bond donors (Lipinski definition) is 1. The lowest BCUT2D eigenvalue weighted by Gasteiger charge is -1.96. The smallest absolute Gasteiger partial charge is 0.127 e. The van der Waals surface area contributed by atoms with Crippen molar-refractivity contribution in [2.45, 2.75) is 6.92 Å². The van der Waals surface area contributed by atoms with Gasteiger partial charge in [0.05, 0.1) is 0 Å². The van der Waals surface area contributed by atoms with Crippen LogP contribution in [0.5, 0.6) is 0 Å². The van der Waals surface area contributed by atoms with Crippen LogP contribution in [0.4, 0.5) is 0 Å². The predicted molar refractivity (Wildman–Crippen MR) is 45.5 cm³/mol. The van der Waals surface area contributed by atoms with E-state index in [1.165, 1.54) is 0 Å². The van der Waals surface area contributed by atoms with E-state index in [0.29, 0.717) is 12.4 Å². The van der Waals surface area contributed by atoms with Gasteiger partial charge in [-0.3, -0.25) is 9.98 Å². The zero-order chi connectivity index (χ0) is 8.10. The van der Waals surface area contributed by atoms with E-state index in [-0.39, 0.29) is 0 Å². The Bertz CT molecular complexity index is 241. The van der Waals surface area contributed by atoms with Crippen LogP contribution in [-0.2, 0) is 0 Å². The maximum absolute atomic E-state index is 5.62. The third-order valence-electron chi connectivity index (χ3n) is 1.29. The number of aromatic nitrogens is 1. The molecule has 1 heterocycles. The number of pyridine rings is 1. The molecule has 0 aliphatic heterocycles. The average Bonchev–Trinajstić information content (AvgIpc) is 2.07. The monoisotopic (exact) mass is 149 g/mol. The highest BCUT2D eigenvalue weighted by molar-refractivity contribution is 5.97. The van der Waals surface area contributed by atoms with E-state index in [4.69, 9.17) is 5.73 Å². The number of rotatable bonds is 2. The molecule has 0 bridgehead atoms. The zero-order valence-corrected chi connectivity index (χ0v) is 6.49. The summed E-state index contributed by atoms with van der Waals surface area (Å²) in [5, 5.41) is 0. The van der Waals surface area contributed by atoms with Crippen molar-refractivity contribution in [3.8, 4) is 0 Å². The lowest BCUT2D eigenvalue weighted by molar-refractivity contribution is 1.12. The lowest BCUT2D eigenvalue weighted by Crippen LogP contribution is -2.13. The maximum Gasteiger partial charge on any atom is 0.127 e. The molecule has 0 unspecified atom stereocenters. The average molecular weight is 149 g/mol. The summed E-state index contributed by atoms with van der Waals surface area (Å²) in [5.41, 5.74) is 6.50. The Hall–Kier alpha value is -1.38. The second-order valence-electron chi connectivity index (χ2n) is 2.10. The van der Waals surface area contributed by atoms with Crippen molar-refractivity contribution in [3.63, 3.8) is 0 Å². The zero-order valence-electron chi connectivity index (χ0n) is 6.49. The van der Waals surface area contributed by atoms with E-state index in [1.807, 2.05) is 19.1 Å². The van der Waals surface area contributed by atoms with Gasteiger partial charge < -0.3 is 5.73 Å². The van der Waals surface area contributed by atoms with Crippen LogP contribution in [0, 0.1) is 0 Å². The molecule has 0 saturated heterocycles. The van der Waals surface area contributed by atoms with E-state index in [2.05, 4.69) is 9.98 Å². The van der Waals surface area contributed by atoms with E-state index in [0.717, 1.165) is 5.56 Å². The van der Waals surface area contributed by atoms with Crippen LogP contribution in [-0.4, -0.2) is 17.4 Å². The molecule has 0 aromatic carbocycles. The van der Waals surface area contributed by atoms with Gasteiger partial charge in [0.2, 0.25) is 0 Å². The van der Waals surface area contributed by atoms with Gasteiger partial charge in [0.1, 0.15) is 5.84 Å². The summed E-state index contributed by atoms with van der Waals surface area (Å²) in [6, 6.07) is 3.73. The number of hydrogen-bond acceptors (Lipinski definition) is 2. The van der Waals surface area contributed by atoms with E-state index < -0.39 is 0 Å². The van der Waals surface area contributed by atoms with Crippen molar-refractivity contribution in [2.75, 3.05) is 6.54 Å². The second kappa shape index (κ2) is 3.71. The molecule has 3 nitrogen and oxygen atoms in total. The first-order chi connectivity index (χ1) is 5.34. The molecule has 0 saturated carbocycles. The number of nitrogens with zero attached hydrogens (tertiary/aromatic N) is 2. The molecule has 0 aliphatic rings. The van der Waals surface area contributed by atoms with Crippen LogP contribution in [0.15, 0.2) is 29.5 Å². The van der Waals surface area contributed by atoms with Crippen LogP contribution >= 0.6 is 0 Å². The maximum atomic E-state index is 5.62. The Kier molecular flexibility index (Phi) is 2.60. The Morgan fingerprint density at radius 1 is 1.73 bits per heavy atom. The fourth-order valence-corrected chi connectivity index (χ4v) is 0.776. The fraction of sp³-hybridized carbons (Fsp3) is 0.250. The van der Waals surface area contributed by atoms with Crippen molar-refractivity contribution < 1.29 is 0 Å². The van der Waals surface area contributed by atoms with Crippen molar-refractivity contribution in [2.24, 2.45) is 10.7 Å². The molecule has 0 fully saturated rings. The van der Waals surface area contributed by atoms with Crippen molar-refractivity contribution in [1.29, 1.82) is 0 Å². The minimum Gasteiger partial charge on any atom is -0.383 e. The fourth-order valence-electron chi connectivity index (χ4n) is 0.776. The van der Waals surface area contributed by atoms with Gasteiger partial charge >= 0.3 is 0 Å². The summed E-state index contributed by atoms with van der Waals surface area (Å²) in [7, 11) is 0. The Labute approximate surface area is 66.0 Å². The van der Waals surface area contributed by atoms with Gasteiger partial charge in [-0.05, 0) is 19.1 Å². The molecule has 2 N–H and O–H groups in total. The van der Waals surface area contributed by atoms with Gasteiger partial charge in [-0.2, -0.15) is 0 Å². The van der Waals surface area contributed by atoms with Gasteiger partial charge in [-0.25, -0.2) is 0 Å². The molecule has 1 rings (SSSR count). The molecule has 0 atom stereocenters. The van der Waals surface area contributed by atoms with Crippen LogP contribution in [0.3, 0.4) is 0 Å². The molecular weight excluding hydrogens is 138 g/mol. The summed E-state index contributed by atoms with van der Waals surface area (Å²) >= 11 is 0. The largest absolute Gasteiger partial charge is 0.383 e. The van der Waals surface area contributed by atoms with Gasteiger partial charge in [0.15, 0.2) is 0 Å². The van der Waals surface area contributed by atoms with Gasteiger partial charge in [-0.1, -0.05) is 0 Å². The van der Waals surface area contributed by atoms with Gasteiger partial charge in [-0.15, -0.1) is 0 Å². The lowest BCUT2D eigenvalue weighted by atomic mass is 10.3. The quantitative estimate of drug-likeness (QED) is 0.499. The highest BCUT2D eigenvalue weighted by Gasteiger charge is 1.93. The second-order valence-corrected chi connectivity index (χ2v) is 2.10. The molecule has 1 aromatic heterocycles. The molecule has 0 amide bonds. The molecule has 58 valence electrons. The third kappa shape index (κ3) is 2.04. The molecule has 0 radical (unpaired) electrons. The molecule has 0 aliphatic carbocycles. The van der Waals surface area contributed by atoms with E-state index in [1.54, 1.807) is 12.4 Å². The predicted octanol–water partition coefficient (Wildman–Crippen LogP) is 0.807. The number of aliphatic imine (C=N–C) groups is 1. The van der Waals surface area contributed by atoms with E-state index in [9.17, 15) is 0 Å². The standard InChI is InChI=1S/C8H11N3/c1-2-11-8(9)7-4-3-5-10-6-7/h3-6H,2H2,1H3,(H2,9,11). The molecule has 3 heteroatoms. The van der Waals surface area contributed by atoms with Crippen LogP contribution in [0.2, 0.25) is 0 Å². The summed E-state index contributed by atoms with van der Waals surface area (Å²) < 4.78 is 0. The Balaban J connectivity index is 2.85. The van der Waals surface area contributed by atoms with Crippen LogP contribution in [0.1, 0.15) is 12.5 Å². The third-order valence-corrected chi connectivity index (χ3v) is 1.29. The Morgan fingerprint density at radius 3 is 3.09 bits per heavy atom. The highest BCUT2D eigenvalue weighted by Crippen LogP contribution is 1.93. The van der Waals surface area contributed by atoms with Crippen LogP contribution < -0.4 is 5.73 Å². The van der Waals surface area contributed by atoms with Crippen molar-refractivity contribution >= 4 is 5.84 Å². The normalized spacial score (nSPS) is 11.5. The first kappa shape index (κ1) is 7.72. The minimum atomic E-state index is 0.556. The van der Waals surface area contributed by atoms with Crippen molar-refractivity contribution in [3.05, 3.63) is 30.1 Å². The molecule has 11 heavy (non-hydrogen) atoms. The number of nitrogens with two attached hydrogens (primary N) is 1. The molecular formula is C8H11N3. The Morgan fingerprint density at radius 2 is 2.55 bits per heavy atom. The van der Waals surface area contributed by atoms with Crippen molar-refractivity contribution in [1.82, 2.24) is 4.98 Å².